The van der Waals surface area contributed by atoms with Crippen molar-refractivity contribution < 1.29 is 9.53 Å². The summed E-state index contributed by atoms with van der Waals surface area (Å²) in [6, 6.07) is 4.06. The summed E-state index contributed by atoms with van der Waals surface area (Å²) in [4.78, 5) is 13.3. The van der Waals surface area contributed by atoms with Gasteiger partial charge >= 0.3 is 0 Å². The first-order valence-electron chi connectivity index (χ1n) is 7.34. The lowest BCUT2D eigenvalue weighted by Gasteiger charge is -2.20. The first-order chi connectivity index (χ1) is 10.7. The smallest absolute Gasteiger partial charge is 0.240 e. The molecule has 2 N–H and O–H groups in total. The van der Waals surface area contributed by atoms with E-state index in [0.29, 0.717) is 16.7 Å². The second kappa shape index (κ2) is 5.60. The largest absolute Gasteiger partial charge is 0.373 e. The van der Waals surface area contributed by atoms with E-state index in [9.17, 15) is 4.79 Å². The molecule has 0 radical (unpaired) electrons. The van der Waals surface area contributed by atoms with Crippen molar-refractivity contribution in [2.45, 2.75) is 44.1 Å². The Hall–Kier alpha value is -1.51. The van der Waals surface area contributed by atoms with Gasteiger partial charge in [-0.3, -0.25) is 14.5 Å². The molecule has 1 amide bonds. The number of aromatic nitrogens is 3. The quantitative estimate of drug-likeness (QED) is 0.839. The van der Waals surface area contributed by atoms with Crippen molar-refractivity contribution in [1.29, 1.82) is 0 Å². The Morgan fingerprint density at radius 2 is 2.50 bits per heavy atom. The highest BCUT2D eigenvalue weighted by Crippen LogP contribution is 2.34. The summed E-state index contributed by atoms with van der Waals surface area (Å²) in [6.07, 6.45) is 3.59. The van der Waals surface area contributed by atoms with Crippen LogP contribution >= 0.6 is 23.6 Å². The minimum Gasteiger partial charge on any atom is -0.373 e. The molecule has 2 bridgehead atoms. The zero-order chi connectivity index (χ0) is 15.1. The number of carbonyl (C=O) groups is 1. The zero-order valence-corrected chi connectivity index (χ0v) is 13.5. The van der Waals surface area contributed by atoms with Crippen LogP contribution in [0.5, 0.6) is 0 Å². The molecule has 2 aliphatic heterocycles. The van der Waals surface area contributed by atoms with Gasteiger partial charge in [0.25, 0.3) is 0 Å². The Balaban J connectivity index is 1.48. The number of amides is 1. The van der Waals surface area contributed by atoms with E-state index in [1.807, 2.05) is 17.5 Å². The maximum absolute atomic E-state index is 12.3. The summed E-state index contributed by atoms with van der Waals surface area (Å²) in [5.74, 6) is 0.663. The van der Waals surface area contributed by atoms with Crippen LogP contribution in [0, 0.1) is 4.77 Å². The number of hydrogen-bond donors (Lipinski definition) is 2. The SMILES string of the molecule is O=C(Cn1c(-c2cccs2)n[nH]c1=S)NC1CC2CCC1O2. The molecule has 3 atom stereocenters. The number of hydrogen-bond acceptors (Lipinski definition) is 5. The van der Waals surface area contributed by atoms with Gasteiger partial charge in [-0.25, -0.2) is 0 Å². The molecular formula is C14H16N4O2S2. The van der Waals surface area contributed by atoms with Crippen LogP contribution in [0.3, 0.4) is 0 Å². The first kappa shape index (κ1) is 14.1. The number of nitrogens with one attached hydrogen (secondary N) is 2. The molecule has 3 unspecified atom stereocenters. The molecule has 2 aromatic heterocycles. The highest BCUT2D eigenvalue weighted by Gasteiger charge is 2.41. The lowest BCUT2D eigenvalue weighted by Crippen LogP contribution is -2.42. The zero-order valence-electron chi connectivity index (χ0n) is 11.8. The Morgan fingerprint density at radius 3 is 3.18 bits per heavy atom. The number of ether oxygens (including phenoxy) is 1. The van der Waals surface area contributed by atoms with Crippen molar-refractivity contribution in [2.24, 2.45) is 0 Å². The van der Waals surface area contributed by atoms with Crippen molar-refractivity contribution in [3.63, 3.8) is 0 Å². The molecule has 2 fully saturated rings. The second-order valence-electron chi connectivity index (χ2n) is 5.70. The Bertz CT molecular complexity index is 736. The van der Waals surface area contributed by atoms with Gasteiger partial charge in [0.2, 0.25) is 5.91 Å². The number of H-pyrrole nitrogens is 1. The monoisotopic (exact) mass is 336 g/mol. The highest BCUT2D eigenvalue weighted by atomic mass is 32.1. The third-order valence-electron chi connectivity index (χ3n) is 4.25. The van der Waals surface area contributed by atoms with E-state index in [0.717, 1.165) is 24.1 Å². The highest BCUT2D eigenvalue weighted by molar-refractivity contribution is 7.71. The van der Waals surface area contributed by atoms with Gasteiger partial charge < -0.3 is 10.1 Å². The van der Waals surface area contributed by atoms with Crippen LogP contribution in [0.15, 0.2) is 17.5 Å². The van der Waals surface area contributed by atoms with Crippen LogP contribution in [0.25, 0.3) is 10.7 Å². The molecule has 0 saturated carbocycles. The summed E-state index contributed by atoms with van der Waals surface area (Å²) in [6.45, 7) is 0.177. The number of nitrogens with zero attached hydrogens (tertiary/aromatic N) is 2. The third kappa shape index (κ3) is 2.51. The normalized spacial score (nSPS) is 26.5. The van der Waals surface area contributed by atoms with E-state index in [4.69, 9.17) is 17.0 Å². The summed E-state index contributed by atoms with van der Waals surface area (Å²) >= 11 is 6.82. The predicted octanol–water partition coefficient (Wildman–Crippen LogP) is 2.11. The van der Waals surface area contributed by atoms with Gasteiger partial charge in [-0.2, -0.15) is 5.10 Å². The number of rotatable bonds is 4. The van der Waals surface area contributed by atoms with Gasteiger partial charge in [-0.15, -0.1) is 11.3 Å². The molecule has 4 heterocycles. The Kier molecular flexibility index (Phi) is 3.59. The maximum atomic E-state index is 12.3. The van der Waals surface area contributed by atoms with Crippen LogP contribution in [-0.2, 0) is 16.1 Å². The maximum Gasteiger partial charge on any atom is 0.240 e. The van der Waals surface area contributed by atoms with E-state index < -0.39 is 0 Å². The molecule has 6 nitrogen and oxygen atoms in total. The van der Waals surface area contributed by atoms with E-state index in [1.54, 1.807) is 15.9 Å². The molecule has 0 spiro atoms. The lowest BCUT2D eigenvalue weighted by atomic mass is 9.95. The molecule has 2 aromatic rings. The molecule has 4 rings (SSSR count). The van der Waals surface area contributed by atoms with Crippen LogP contribution < -0.4 is 5.32 Å². The van der Waals surface area contributed by atoms with Crippen molar-refractivity contribution in [2.75, 3.05) is 0 Å². The van der Waals surface area contributed by atoms with Gasteiger partial charge in [-0.1, -0.05) is 6.07 Å². The van der Waals surface area contributed by atoms with Crippen LogP contribution in [0.4, 0.5) is 0 Å². The van der Waals surface area contributed by atoms with E-state index in [1.165, 1.54) is 0 Å². The van der Waals surface area contributed by atoms with E-state index in [2.05, 4.69) is 15.5 Å². The molecule has 0 aromatic carbocycles. The van der Waals surface area contributed by atoms with Gasteiger partial charge in [0.15, 0.2) is 10.6 Å². The molecule has 2 aliphatic rings. The van der Waals surface area contributed by atoms with Crippen molar-refractivity contribution in [1.82, 2.24) is 20.1 Å². The molecule has 116 valence electrons. The summed E-state index contributed by atoms with van der Waals surface area (Å²) in [5.41, 5.74) is 0. The number of thiophene rings is 1. The fourth-order valence-corrected chi connectivity index (χ4v) is 4.16. The van der Waals surface area contributed by atoms with Crippen molar-refractivity contribution in [3.05, 3.63) is 22.3 Å². The summed E-state index contributed by atoms with van der Waals surface area (Å²) < 4.78 is 7.97. The van der Waals surface area contributed by atoms with Gasteiger partial charge in [-0.05, 0) is 42.9 Å². The van der Waals surface area contributed by atoms with Crippen LogP contribution in [0.2, 0.25) is 0 Å². The first-order valence-corrected chi connectivity index (χ1v) is 8.63. The Labute approximate surface area is 136 Å². The minimum atomic E-state index is -0.0449. The van der Waals surface area contributed by atoms with Crippen molar-refractivity contribution >= 4 is 29.5 Å². The molecule has 0 aliphatic carbocycles. The third-order valence-corrected chi connectivity index (χ3v) is 5.43. The number of aromatic amines is 1. The predicted molar refractivity (Wildman–Crippen MR) is 85.2 cm³/mol. The number of fused-ring (bicyclic) bond motifs is 2. The standard InChI is InChI=1S/C14H16N4O2S2/c19-12(15-9-6-8-3-4-10(9)20-8)7-18-13(16-17-14(18)21)11-2-1-5-22-11/h1-2,5,8-10H,3-4,6-7H2,(H,15,19)(H,17,21). The average Bonchev–Trinajstić information content (AvgIpc) is 3.24. The Morgan fingerprint density at radius 1 is 1.59 bits per heavy atom. The van der Waals surface area contributed by atoms with Gasteiger partial charge in [0.05, 0.1) is 23.1 Å². The van der Waals surface area contributed by atoms with Gasteiger partial charge in [0.1, 0.15) is 6.54 Å². The minimum absolute atomic E-state index is 0.0449. The fourth-order valence-electron chi connectivity index (χ4n) is 3.24. The van der Waals surface area contributed by atoms with E-state index in [-0.39, 0.29) is 24.6 Å². The molecule has 8 heteroatoms. The topological polar surface area (TPSA) is 71.9 Å². The average molecular weight is 336 g/mol. The van der Waals surface area contributed by atoms with Gasteiger partial charge in [0, 0.05) is 0 Å². The summed E-state index contributed by atoms with van der Waals surface area (Å²) in [7, 11) is 0. The molecule has 22 heavy (non-hydrogen) atoms. The fraction of sp³-hybridized carbons (Fsp3) is 0.500. The second-order valence-corrected chi connectivity index (χ2v) is 7.03. The molecule has 2 saturated heterocycles. The number of carbonyl (C=O) groups excluding carboxylic acids is 1. The van der Waals surface area contributed by atoms with Crippen molar-refractivity contribution in [3.8, 4) is 10.7 Å². The lowest BCUT2D eigenvalue weighted by molar-refractivity contribution is -0.122. The summed E-state index contributed by atoms with van der Waals surface area (Å²) in [5, 5.41) is 12.1. The van der Waals surface area contributed by atoms with E-state index >= 15 is 0 Å². The van der Waals surface area contributed by atoms with Crippen LogP contribution in [0.1, 0.15) is 19.3 Å². The molecular weight excluding hydrogens is 320 g/mol. The van der Waals surface area contributed by atoms with Crippen LogP contribution in [-0.4, -0.2) is 38.9 Å².